The number of nitrogens with one attached hydrogen (secondary N) is 1. The molecule has 8 heteroatoms. The van der Waals surface area contributed by atoms with Crippen molar-refractivity contribution in [2.24, 2.45) is 11.7 Å². The Hall–Kier alpha value is -0.340. The highest BCUT2D eigenvalue weighted by Gasteiger charge is 2.45. The van der Waals surface area contributed by atoms with Crippen molar-refractivity contribution in [2.75, 3.05) is 6.54 Å². The smallest absolute Gasteiger partial charge is 0.327 e. The molecule has 0 saturated carbocycles. The van der Waals surface area contributed by atoms with Crippen LogP contribution >= 0.6 is 0 Å². The highest BCUT2D eigenvalue weighted by atomic mass is 32.2. The summed E-state index contributed by atoms with van der Waals surface area (Å²) in [6.45, 7) is 3.29. The number of sulfonamides is 1. The van der Waals surface area contributed by atoms with E-state index in [2.05, 4.69) is 0 Å². The summed E-state index contributed by atoms with van der Waals surface area (Å²) in [6.07, 6.45) is 0.459. The first kappa shape index (κ1) is 14.7. The van der Waals surface area contributed by atoms with Crippen LogP contribution in [-0.4, -0.2) is 26.5 Å². The van der Waals surface area contributed by atoms with E-state index in [4.69, 9.17) is 5.73 Å². The Morgan fingerprint density at radius 3 is 2.13 bits per heavy atom. The number of hydrogen-bond donors (Lipinski definition) is 2. The molecule has 3 N–H and O–H groups in total. The molecule has 0 aliphatic rings. The summed E-state index contributed by atoms with van der Waals surface area (Å²) in [6, 6.07) is -0.609. The molecule has 0 aromatic carbocycles. The fourth-order valence-corrected chi connectivity index (χ4v) is 1.58. The quantitative estimate of drug-likeness (QED) is 0.756. The monoisotopic (exact) mass is 248 g/mol. The molecule has 1 unspecified atom stereocenters. The van der Waals surface area contributed by atoms with Crippen LogP contribution in [0.1, 0.15) is 20.3 Å². The van der Waals surface area contributed by atoms with Crippen LogP contribution in [0.2, 0.25) is 0 Å². The molecule has 4 nitrogen and oxygen atoms in total. The third-order valence-corrected chi connectivity index (χ3v) is 2.77. The van der Waals surface area contributed by atoms with Gasteiger partial charge in [0, 0.05) is 12.6 Å². The van der Waals surface area contributed by atoms with E-state index in [-0.39, 0.29) is 5.92 Å². The van der Waals surface area contributed by atoms with E-state index in [9.17, 15) is 21.6 Å². The Morgan fingerprint density at radius 2 is 1.80 bits per heavy atom. The van der Waals surface area contributed by atoms with Crippen molar-refractivity contribution in [3.63, 3.8) is 0 Å². The summed E-state index contributed by atoms with van der Waals surface area (Å²) in [5, 5.41) is 0. The van der Waals surface area contributed by atoms with E-state index in [1.54, 1.807) is 0 Å². The largest absolute Gasteiger partial charge is 0.511 e. The fourth-order valence-electron chi connectivity index (χ4n) is 0.987. The van der Waals surface area contributed by atoms with E-state index in [0.717, 1.165) is 0 Å². The minimum atomic E-state index is -5.27. The van der Waals surface area contributed by atoms with Gasteiger partial charge in [0.15, 0.2) is 0 Å². The molecule has 0 saturated heterocycles. The lowest BCUT2D eigenvalue weighted by atomic mass is 10.1. The molecule has 0 bridgehead atoms. The number of hydrogen-bond acceptors (Lipinski definition) is 3. The summed E-state index contributed by atoms with van der Waals surface area (Å²) in [5.41, 5.74) is 0.158. The Morgan fingerprint density at radius 1 is 1.33 bits per heavy atom. The number of halogens is 3. The van der Waals surface area contributed by atoms with Gasteiger partial charge in [0.1, 0.15) is 0 Å². The second-order valence-corrected chi connectivity index (χ2v) is 5.45. The van der Waals surface area contributed by atoms with Crippen LogP contribution in [0.25, 0.3) is 0 Å². The molecule has 0 spiro atoms. The van der Waals surface area contributed by atoms with Crippen molar-refractivity contribution in [1.29, 1.82) is 0 Å². The Bertz CT molecular complexity index is 287. The first-order valence-electron chi connectivity index (χ1n) is 4.37. The molecule has 0 aliphatic carbocycles. The van der Waals surface area contributed by atoms with Gasteiger partial charge in [-0.3, -0.25) is 0 Å². The van der Waals surface area contributed by atoms with Crippen LogP contribution in [0.4, 0.5) is 13.2 Å². The van der Waals surface area contributed by atoms with Gasteiger partial charge in [-0.1, -0.05) is 13.8 Å². The first-order chi connectivity index (χ1) is 6.56. The molecular formula is C7H15F3N2O2S. The van der Waals surface area contributed by atoms with Crippen molar-refractivity contribution in [1.82, 2.24) is 4.72 Å². The van der Waals surface area contributed by atoms with Crippen LogP contribution < -0.4 is 10.5 Å². The molecule has 0 radical (unpaired) electrons. The third kappa shape index (κ3) is 5.33. The van der Waals surface area contributed by atoms with Crippen molar-refractivity contribution in [2.45, 2.75) is 31.8 Å². The highest BCUT2D eigenvalue weighted by Crippen LogP contribution is 2.21. The molecule has 15 heavy (non-hydrogen) atoms. The average molecular weight is 248 g/mol. The molecule has 92 valence electrons. The molecule has 0 aromatic rings. The highest BCUT2D eigenvalue weighted by molar-refractivity contribution is 7.90. The van der Waals surface area contributed by atoms with E-state index < -0.39 is 28.1 Å². The lowest BCUT2D eigenvalue weighted by molar-refractivity contribution is -0.0447. The van der Waals surface area contributed by atoms with Gasteiger partial charge in [0.25, 0.3) is 0 Å². The van der Waals surface area contributed by atoms with Crippen LogP contribution in [0.3, 0.4) is 0 Å². The van der Waals surface area contributed by atoms with Crippen LogP contribution in [-0.2, 0) is 10.0 Å². The van der Waals surface area contributed by atoms with Crippen molar-refractivity contribution < 1.29 is 21.6 Å². The van der Waals surface area contributed by atoms with E-state index in [1.165, 1.54) is 4.72 Å². The summed E-state index contributed by atoms with van der Waals surface area (Å²) in [5.74, 6) is 0.204. The van der Waals surface area contributed by atoms with E-state index in [0.29, 0.717) is 6.42 Å². The number of rotatable bonds is 5. The van der Waals surface area contributed by atoms with Gasteiger partial charge in [0.05, 0.1) is 0 Å². The maximum Gasteiger partial charge on any atom is 0.511 e. The second-order valence-electron chi connectivity index (χ2n) is 3.69. The Balaban J connectivity index is 4.17. The van der Waals surface area contributed by atoms with Crippen molar-refractivity contribution in [3.8, 4) is 0 Å². The van der Waals surface area contributed by atoms with E-state index in [1.807, 2.05) is 13.8 Å². The van der Waals surface area contributed by atoms with Gasteiger partial charge in [-0.2, -0.15) is 13.2 Å². The maximum absolute atomic E-state index is 11.9. The summed E-state index contributed by atoms with van der Waals surface area (Å²) >= 11 is 0. The molecule has 0 rings (SSSR count). The minimum Gasteiger partial charge on any atom is -0.327 e. The predicted octanol–water partition coefficient (Wildman–Crippen LogP) is 0.799. The lowest BCUT2D eigenvalue weighted by Crippen LogP contribution is -2.43. The van der Waals surface area contributed by atoms with Gasteiger partial charge < -0.3 is 5.73 Å². The van der Waals surface area contributed by atoms with Gasteiger partial charge >= 0.3 is 15.5 Å². The molecular weight excluding hydrogens is 233 g/mol. The van der Waals surface area contributed by atoms with Crippen LogP contribution in [0.15, 0.2) is 0 Å². The van der Waals surface area contributed by atoms with Crippen LogP contribution in [0.5, 0.6) is 0 Å². The lowest BCUT2D eigenvalue weighted by Gasteiger charge is -2.15. The van der Waals surface area contributed by atoms with Crippen LogP contribution in [0, 0.1) is 5.92 Å². The molecule has 0 heterocycles. The summed E-state index contributed by atoms with van der Waals surface area (Å²) in [4.78, 5) is 0. The maximum atomic E-state index is 11.9. The zero-order valence-corrected chi connectivity index (χ0v) is 9.32. The SMILES string of the molecule is CC(C)CC(N)CNS(=O)(=O)C(F)(F)F. The van der Waals surface area contributed by atoms with Crippen molar-refractivity contribution in [3.05, 3.63) is 0 Å². The zero-order valence-electron chi connectivity index (χ0n) is 8.50. The summed E-state index contributed by atoms with van der Waals surface area (Å²) in [7, 11) is -5.26. The first-order valence-corrected chi connectivity index (χ1v) is 5.86. The zero-order chi connectivity index (χ0) is 12.3. The third-order valence-electron chi connectivity index (χ3n) is 1.61. The molecule has 0 aliphatic heterocycles. The number of nitrogens with two attached hydrogens (primary N) is 1. The average Bonchev–Trinajstić information content (AvgIpc) is 1.97. The normalized spacial score (nSPS) is 15.7. The van der Waals surface area contributed by atoms with Gasteiger partial charge in [0.2, 0.25) is 0 Å². The Kier molecular flexibility index (Phi) is 5.01. The van der Waals surface area contributed by atoms with Gasteiger partial charge in [-0.25, -0.2) is 13.1 Å². The number of alkyl halides is 3. The van der Waals surface area contributed by atoms with E-state index >= 15 is 0 Å². The second kappa shape index (κ2) is 5.13. The molecule has 0 fully saturated rings. The minimum absolute atomic E-state index is 0.204. The van der Waals surface area contributed by atoms with Gasteiger partial charge in [-0.05, 0) is 12.3 Å². The van der Waals surface area contributed by atoms with Crippen molar-refractivity contribution >= 4 is 10.0 Å². The van der Waals surface area contributed by atoms with Gasteiger partial charge in [-0.15, -0.1) is 0 Å². The topological polar surface area (TPSA) is 72.2 Å². The standard InChI is InChI=1S/C7H15F3N2O2S/c1-5(2)3-6(11)4-12-15(13,14)7(8,9)10/h5-6,12H,3-4,11H2,1-2H3. The molecule has 1 atom stereocenters. The predicted molar refractivity (Wildman–Crippen MR) is 50.4 cm³/mol. The fraction of sp³-hybridized carbons (Fsp3) is 1.00. The summed E-state index contributed by atoms with van der Waals surface area (Å²) < 4.78 is 58.1. The Labute approximate surface area is 87.1 Å². The molecule has 0 amide bonds. The molecule has 0 aromatic heterocycles.